The fraction of sp³-hybridized carbons (Fsp3) is 0.375. The Bertz CT molecular complexity index is 1710. The fourth-order valence-corrected chi connectivity index (χ4v) is 8.48. The molecule has 0 bridgehead atoms. The Morgan fingerprint density at radius 2 is 1.72 bits per heavy atom. The molecule has 6 heterocycles. The lowest BCUT2D eigenvalue weighted by Crippen LogP contribution is -2.86. The number of para-hydroxylation sites is 2. The first kappa shape index (κ1) is 23.1. The van der Waals surface area contributed by atoms with Crippen molar-refractivity contribution >= 4 is 34.5 Å². The van der Waals surface area contributed by atoms with Crippen LogP contribution in [0.3, 0.4) is 0 Å². The van der Waals surface area contributed by atoms with E-state index in [1.165, 1.54) is 4.90 Å². The van der Waals surface area contributed by atoms with Gasteiger partial charge in [-0.25, -0.2) is 0 Å². The van der Waals surface area contributed by atoms with Crippen LogP contribution in [-0.4, -0.2) is 48.9 Å². The molecule has 3 aromatic rings. The van der Waals surface area contributed by atoms with Crippen LogP contribution >= 0.6 is 0 Å². The minimum atomic E-state index is -1.36. The smallest absolute Gasteiger partial charge is 0.273 e. The van der Waals surface area contributed by atoms with E-state index in [2.05, 4.69) is 44.5 Å². The van der Waals surface area contributed by atoms with Crippen molar-refractivity contribution < 1.29 is 14.7 Å². The van der Waals surface area contributed by atoms with E-state index >= 15 is 0 Å². The predicted molar refractivity (Wildman–Crippen MR) is 149 cm³/mol. The fourth-order valence-electron chi connectivity index (χ4n) is 8.48. The molecule has 198 valence electrons. The van der Waals surface area contributed by atoms with Gasteiger partial charge < -0.3 is 15.0 Å². The Balaban J connectivity index is 1.38. The molecule has 4 atom stereocenters. The van der Waals surface area contributed by atoms with Crippen LogP contribution in [0.1, 0.15) is 57.9 Å². The average Bonchev–Trinajstić information content (AvgIpc) is 3.48. The molecule has 5 aliphatic heterocycles. The molecule has 7 heteroatoms. The van der Waals surface area contributed by atoms with E-state index in [-0.39, 0.29) is 29.7 Å². The number of hydrogen-bond donors (Lipinski definition) is 2. The second-order valence-electron chi connectivity index (χ2n) is 12.9. The van der Waals surface area contributed by atoms with Gasteiger partial charge in [0.1, 0.15) is 17.3 Å². The third-order valence-corrected chi connectivity index (χ3v) is 10.5. The van der Waals surface area contributed by atoms with Crippen molar-refractivity contribution in [1.82, 2.24) is 14.8 Å². The number of benzene rings is 2. The summed E-state index contributed by atoms with van der Waals surface area (Å²) in [7, 11) is 0. The molecule has 3 saturated heterocycles. The minimum Gasteiger partial charge on any atom is -0.380 e. The Hall–Kier alpha value is -3.84. The lowest BCUT2D eigenvalue weighted by atomic mass is 9.61. The van der Waals surface area contributed by atoms with E-state index in [0.29, 0.717) is 5.70 Å². The number of fused-ring (bicyclic) bond motifs is 8. The summed E-state index contributed by atoms with van der Waals surface area (Å²) >= 11 is 0. The molecule has 0 aliphatic carbocycles. The van der Waals surface area contributed by atoms with Crippen molar-refractivity contribution in [2.75, 3.05) is 4.90 Å². The number of allylic oxidation sites excluding steroid dienone is 1. The summed E-state index contributed by atoms with van der Waals surface area (Å²) in [5.41, 5.74) is 1.87. The van der Waals surface area contributed by atoms with E-state index in [1.807, 2.05) is 60.7 Å². The Morgan fingerprint density at radius 1 is 1.00 bits per heavy atom. The predicted octanol–water partition coefficient (Wildman–Crippen LogP) is 4.59. The van der Waals surface area contributed by atoms with Crippen LogP contribution < -0.4 is 4.90 Å². The molecular weight excluding hydrogens is 488 g/mol. The van der Waals surface area contributed by atoms with Crippen molar-refractivity contribution in [3.05, 3.63) is 83.3 Å². The standard InChI is InChI=1S/C32H32N4O3/c1-18-30(4,5)36-23-13-9-7-11-21(23)31(39)17-25-27(37)34-15-14-29(2,3)26-20(19-10-6-8-12-22(19)33-26)16-24(34)28(38)35(25)32(18,31)36/h6-16,18,25,33,39H,17H2,1-5H3. The molecule has 1 spiro atoms. The van der Waals surface area contributed by atoms with Crippen LogP contribution in [0.15, 0.2) is 66.5 Å². The van der Waals surface area contributed by atoms with Crippen molar-refractivity contribution in [3.63, 3.8) is 0 Å². The summed E-state index contributed by atoms with van der Waals surface area (Å²) in [6, 6.07) is 15.2. The van der Waals surface area contributed by atoms with E-state index in [4.69, 9.17) is 0 Å². The van der Waals surface area contributed by atoms with Crippen LogP contribution in [0.5, 0.6) is 0 Å². The number of nitrogens with zero attached hydrogens (tertiary/aromatic N) is 3. The van der Waals surface area contributed by atoms with Crippen LogP contribution in [0.4, 0.5) is 5.69 Å². The van der Waals surface area contributed by atoms with Gasteiger partial charge in [0.05, 0.1) is 0 Å². The normalized spacial score (nSPS) is 32.9. The third-order valence-electron chi connectivity index (χ3n) is 10.5. The van der Waals surface area contributed by atoms with Gasteiger partial charge in [-0.3, -0.25) is 19.4 Å². The quantitative estimate of drug-likeness (QED) is 0.455. The Labute approximate surface area is 227 Å². The van der Waals surface area contributed by atoms with E-state index < -0.39 is 22.7 Å². The van der Waals surface area contributed by atoms with Gasteiger partial charge in [-0.15, -0.1) is 0 Å². The van der Waals surface area contributed by atoms with Gasteiger partial charge in [-0.05, 0) is 32.1 Å². The molecule has 2 amide bonds. The summed E-state index contributed by atoms with van der Waals surface area (Å²) in [5, 5.41) is 13.6. The number of aromatic nitrogens is 1. The number of amides is 2. The van der Waals surface area contributed by atoms with Crippen molar-refractivity contribution in [2.45, 2.75) is 69.3 Å². The number of H-pyrrole nitrogens is 1. The first-order valence-electron chi connectivity index (χ1n) is 13.8. The van der Waals surface area contributed by atoms with Gasteiger partial charge in [0, 0.05) is 62.9 Å². The number of hydrogen-bond acceptors (Lipinski definition) is 4. The number of aliphatic hydroxyl groups is 1. The zero-order chi connectivity index (χ0) is 27.3. The highest BCUT2D eigenvalue weighted by molar-refractivity contribution is 6.11. The molecule has 3 fully saturated rings. The van der Waals surface area contributed by atoms with Gasteiger partial charge >= 0.3 is 0 Å². The van der Waals surface area contributed by atoms with Crippen LogP contribution in [0, 0.1) is 5.92 Å². The second-order valence-corrected chi connectivity index (χ2v) is 12.9. The van der Waals surface area contributed by atoms with Crippen LogP contribution in [0.25, 0.3) is 17.0 Å². The third kappa shape index (κ3) is 2.29. The first-order valence-corrected chi connectivity index (χ1v) is 13.8. The largest absolute Gasteiger partial charge is 0.380 e. The Kier molecular flexibility index (Phi) is 3.94. The molecule has 39 heavy (non-hydrogen) atoms. The molecule has 2 aromatic carbocycles. The van der Waals surface area contributed by atoms with Gasteiger partial charge in [-0.2, -0.15) is 0 Å². The highest BCUT2D eigenvalue weighted by Gasteiger charge is 2.84. The molecule has 2 N–H and O–H groups in total. The number of anilines is 1. The maximum Gasteiger partial charge on any atom is 0.273 e. The SMILES string of the molecule is CC1C(C)(C)N2c3ccccc3C3(O)CC4C(=O)N5C=CC(C)(C)c6[nH]c7ccccc7c6C=C5C(=O)N4C123. The monoisotopic (exact) mass is 520 g/mol. The van der Waals surface area contributed by atoms with Crippen molar-refractivity contribution in [2.24, 2.45) is 5.92 Å². The molecule has 0 saturated carbocycles. The van der Waals surface area contributed by atoms with Gasteiger partial charge in [0.15, 0.2) is 5.66 Å². The zero-order valence-electron chi connectivity index (χ0n) is 22.8. The van der Waals surface area contributed by atoms with E-state index in [9.17, 15) is 14.7 Å². The van der Waals surface area contributed by atoms with Crippen molar-refractivity contribution in [1.29, 1.82) is 0 Å². The summed E-state index contributed by atoms with van der Waals surface area (Å²) in [5.74, 6) is -0.484. The number of aromatic amines is 1. The summed E-state index contributed by atoms with van der Waals surface area (Å²) in [4.78, 5) is 38.1. The lowest BCUT2D eigenvalue weighted by molar-refractivity contribution is -0.181. The molecule has 1 aromatic heterocycles. The molecule has 4 unspecified atom stereocenters. The average molecular weight is 521 g/mol. The number of nitrogens with one attached hydrogen (secondary N) is 1. The van der Waals surface area contributed by atoms with Crippen LogP contribution in [0.2, 0.25) is 0 Å². The van der Waals surface area contributed by atoms with Gasteiger partial charge in [-0.1, -0.05) is 63.2 Å². The Morgan fingerprint density at radius 3 is 2.51 bits per heavy atom. The number of rotatable bonds is 0. The zero-order valence-corrected chi connectivity index (χ0v) is 22.8. The molecule has 0 radical (unpaired) electrons. The van der Waals surface area contributed by atoms with E-state index in [1.54, 1.807) is 11.1 Å². The molecule has 5 aliphatic rings. The minimum absolute atomic E-state index is 0.0806. The van der Waals surface area contributed by atoms with E-state index in [0.717, 1.165) is 33.4 Å². The summed E-state index contributed by atoms with van der Waals surface area (Å²) < 4.78 is 0. The van der Waals surface area contributed by atoms with Gasteiger partial charge in [0.25, 0.3) is 11.8 Å². The van der Waals surface area contributed by atoms with Crippen LogP contribution in [-0.2, 0) is 20.6 Å². The topological polar surface area (TPSA) is 79.9 Å². The highest BCUT2D eigenvalue weighted by atomic mass is 16.3. The maximum atomic E-state index is 14.7. The number of carbonyl (C=O) groups is 2. The maximum absolute atomic E-state index is 14.7. The van der Waals surface area contributed by atoms with Crippen molar-refractivity contribution in [3.8, 4) is 0 Å². The van der Waals surface area contributed by atoms with Gasteiger partial charge in [0.2, 0.25) is 0 Å². The summed E-state index contributed by atoms with van der Waals surface area (Å²) in [6.45, 7) is 10.6. The summed E-state index contributed by atoms with van der Waals surface area (Å²) in [6.07, 6.45) is 5.80. The lowest BCUT2D eigenvalue weighted by Gasteiger charge is -2.70. The molecule has 7 nitrogen and oxygen atoms in total. The number of piperazine rings is 1. The first-order chi connectivity index (χ1) is 18.5. The molecule has 8 rings (SSSR count). The molecular formula is C32H32N4O3. The highest BCUT2D eigenvalue weighted by Crippen LogP contribution is 2.72. The number of carbonyl (C=O) groups excluding carboxylic acids is 2. The second kappa shape index (κ2) is 6.65.